The molecule has 1 fully saturated rings. The molecule has 3 unspecified atom stereocenters. The number of carbonyl (C=O) groups excluding carboxylic acids is 2. The smallest absolute Gasteiger partial charge is 0.308 e. The van der Waals surface area contributed by atoms with Crippen molar-refractivity contribution in [2.24, 2.45) is 17.4 Å². The van der Waals surface area contributed by atoms with Crippen molar-refractivity contribution in [1.29, 1.82) is 0 Å². The highest BCUT2D eigenvalue weighted by molar-refractivity contribution is 5.98. The summed E-state index contributed by atoms with van der Waals surface area (Å²) in [6.07, 6.45) is 3.29. The zero-order valence-corrected chi connectivity index (χ0v) is 17.2. The number of anilines is 3. The molecule has 1 heterocycles. The molecule has 160 valence electrons. The Hall–Kier alpha value is -3.20. The Morgan fingerprint density at radius 2 is 2.10 bits per heavy atom. The number of nitrogens with zero attached hydrogens (tertiary/aromatic N) is 2. The van der Waals surface area contributed by atoms with Gasteiger partial charge in [-0.15, -0.1) is 0 Å². The standard InChI is InChI=1S/C21H28N6O3/c1-3-30-20(29)13-7-8-17(16(22)10-13)26-21-24-11-15(18(23)28)19(27-21)25-14-6-4-5-12(2)9-14/h4-6,9,11,13,16-17H,3,7-8,10,22H2,1-2H3,(H2,23,28)(H2,24,25,26,27). The third-order valence-corrected chi connectivity index (χ3v) is 5.17. The summed E-state index contributed by atoms with van der Waals surface area (Å²) >= 11 is 0. The molecule has 1 aromatic carbocycles. The Morgan fingerprint density at radius 1 is 1.30 bits per heavy atom. The van der Waals surface area contributed by atoms with Crippen molar-refractivity contribution in [3.63, 3.8) is 0 Å². The summed E-state index contributed by atoms with van der Waals surface area (Å²) in [7, 11) is 0. The maximum Gasteiger partial charge on any atom is 0.308 e. The second kappa shape index (κ2) is 9.53. The molecule has 3 rings (SSSR count). The number of aromatic nitrogens is 2. The van der Waals surface area contributed by atoms with E-state index in [2.05, 4.69) is 20.6 Å². The van der Waals surface area contributed by atoms with Crippen molar-refractivity contribution < 1.29 is 14.3 Å². The number of nitrogens with two attached hydrogens (primary N) is 2. The quantitative estimate of drug-likeness (QED) is 0.506. The molecule has 0 spiro atoms. The molecule has 1 saturated carbocycles. The average Bonchev–Trinajstić information content (AvgIpc) is 2.69. The Bertz CT molecular complexity index is 919. The number of hydrogen-bond acceptors (Lipinski definition) is 8. The van der Waals surface area contributed by atoms with Crippen LogP contribution in [0.2, 0.25) is 0 Å². The largest absolute Gasteiger partial charge is 0.466 e. The van der Waals surface area contributed by atoms with Gasteiger partial charge in [0.25, 0.3) is 5.91 Å². The summed E-state index contributed by atoms with van der Waals surface area (Å²) in [4.78, 5) is 32.5. The van der Waals surface area contributed by atoms with Crippen molar-refractivity contribution in [3.8, 4) is 0 Å². The van der Waals surface area contributed by atoms with Crippen LogP contribution in [0.1, 0.15) is 42.1 Å². The first-order chi connectivity index (χ1) is 14.4. The van der Waals surface area contributed by atoms with E-state index >= 15 is 0 Å². The third-order valence-electron chi connectivity index (χ3n) is 5.17. The van der Waals surface area contributed by atoms with E-state index in [1.54, 1.807) is 6.92 Å². The first-order valence-corrected chi connectivity index (χ1v) is 10.1. The van der Waals surface area contributed by atoms with Crippen LogP contribution >= 0.6 is 0 Å². The summed E-state index contributed by atoms with van der Waals surface area (Å²) < 4.78 is 5.11. The van der Waals surface area contributed by atoms with Gasteiger partial charge in [0.1, 0.15) is 11.4 Å². The highest BCUT2D eigenvalue weighted by Gasteiger charge is 2.33. The number of amides is 1. The van der Waals surface area contributed by atoms with Crippen molar-refractivity contribution in [2.45, 2.75) is 45.2 Å². The number of ether oxygens (including phenoxy) is 1. The average molecular weight is 412 g/mol. The maximum absolute atomic E-state index is 12.0. The fraction of sp³-hybridized carbons (Fsp3) is 0.429. The Balaban J connectivity index is 1.74. The molecular formula is C21H28N6O3. The van der Waals surface area contributed by atoms with Gasteiger partial charge in [-0.25, -0.2) is 4.98 Å². The molecule has 3 atom stereocenters. The highest BCUT2D eigenvalue weighted by atomic mass is 16.5. The molecule has 2 aromatic rings. The molecule has 30 heavy (non-hydrogen) atoms. The number of hydrogen-bond donors (Lipinski definition) is 4. The van der Waals surface area contributed by atoms with Crippen LogP contribution in [0.15, 0.2) is 30.5 Å². The van der Waals surface area contributed by atoms with Crippen molar-refractivity contribution in [1.82, 2.24) is 9.97 Å². The number of esters is 1. The first kappa shape index (κ1) is 21.5. The molecule has 6 N–H and O–H groups in total. The Kier molecular flexibility index (Phi) is 6.83. The van der Waals surface area contributed by atoms with Crippen LogP contribution in [0.25, 0.3) is 0 Å². The third kappa shape index (κ3) is 5.24. The second-order valence-corrected chi connectivity index (χ2v) is 7.49. The summed E-state index contributed by atoms with van der Waals surface area (Å²) in [5.74, 6) is -0.347. The predicted molar refractivity (Wildman–Crippen MR) is 114 cm³/mol. The summed E-state index contributed by atoms with van der Waals surface area (Å²) in [5.41, 5.74) is 13.8. The monoisotopic (exact) mass is 412 g/mol. The van der Waals surface area contributed by atoms with E-state index in [1.807, 2.05) is 31.2 Å². The molecule has 0 bridgehead atoms. The van der Waals surface area contributed by atoms with Gasteiger partial charge in [-0.05, 0) is 50.8 Å². The summed E-state index contributed by atoms with van der Waals surface area (Å²) in [6, 6.07) is 7.35. The van der Waals surface area contributed by atoms with Gasteiger partial charge in [0.2, 0.25) is 5.95 Å². The lowest BCUT2D eigenvalue weighted by Gasteiger charge is -2.33. The van der Waals surface area contributed by atoms with Gasteiger partial charge in [0.05, 0.1) is 12.5 Å². The van der Waals surface area contributed by atoms with E-state index in [9.17, 15) is 9.59 Å². The normalized spacial score (nSPS) is 21.0. The lowest BCUT2D eigenvalue weighted by Crippen LogP contribution is -2.47. The van der Waals surface area contributed by atoms with Gasteiger partial charge < -0.3 is 26.8 Å². The zero-order valence-electron chi connectivity index (χ0n) is 17.2. The zero-order chi connectivity index (χ0) is 21.7. The van der Waals surface area contributed by atoms with Gasteiger partial charge in [0.15, 0.2) is 0 Å². The van der Waals surface area contributed by atoms with Gasteiger partial charge in [-0.3, -0.25) is 9.59 Å². The Labute approximate surface area is 175 Å². The molecule has 0 aliphatic heterocycles. The molecule has 1 aliphatic carbocycles. The van der Waals surface area contributed by atoms with E-state index in [4.69, 9.17) is 16.2 Å². The fourth-order valence-corrected chi connectivity index (χ4v) is 3.61. The lowest BCUT2D eigenvalue weighted by molar-refractivity contribution is -0.149. The highest BCUT2D eigenvalue weighted by Crippen LogP contribution is 2.27. The van der Waals surface area contributed by atoms with E-state index < -0.39 is 5.91 Å². The molecule has 0 saturated heterocycles. The van der Waals surface area contributed by atoms with Crippen LogP contribution < -0.4 is 22.1 Å². The number of rotatable bonds is 7. The predicted octanol–water partition coefficient (Wildman–Crippen LogP) is 2.10. The number of aryl methyl sites for hydroxylation is 1. The van der Waals surface area contributed by atoms with E-state index in [0.29, 0.717) is 37.6 Å². The number of benzene rings is 1. The fourth-order valence-electron chi connectivity index (χ4n) is 3.61. The van der Waals surface area contributed by atoms with E-state index in [1.165, 1.54) is 6.20 Å². The van der Waals surface area contributed by atoms with Crippen LogP contribution in [0.5, 0.6) is 0 Å². The molecule has 1 amide bonds. The minimum atomic E-state index is -0.622. The van der Waals surface area contributed by atoms with Crippen molar-refractivity contribution in [3.05, 3.63) is 41.6 Å². The topological polar surface area (TPSA) is 145 Å². The lowest BCUT2D eigenvalue weighted by atomic mass is 9.83. The van der Waals surface area contributed by atoms with Crippen LogP contribution in [0, 0.1) is 12.8 Å². The summed E-state index contributed by atoms with van der Waals surface area (Å²) in [6.45, 7) is 4.13. The molecule has 1 aromatic heterocycles. The molecule has 1 aliphatic rings. The van der Waals surface area contributed by atoms with Crippen molar-refractivity contribution in [2.75, 3.05) is 17.2 Å². The summed E-state index contributed by atoms with van der Waals surface area (Å²) in [5, 5.41) is 6.37. The van der Waals surface area contributed by atoms with Crippen LogP contribution in [-0.2, 0) is 9.53 Å². The SMILES string of the molecule is CCOC(=O)C1CCC(Nc2ncc(C(N)=O)c(Nc3cccc(C)c3)n2)C(N)C1. The minimum Gasteiger partial charge on any atom is -0.466 e. The van der Waals surface area contributed by atoms with Crippen LogP contribution in [0.3, 0.4) is 0 Å². The molecule has 9 heteroatoms. The van der Waals surface area contributed by atoms with Gasteiger partial charge in [0, 0.05) is 24.0 Å². The van der Waals surface area contributed by atoms with Crippen LogP contribution in [0.4, 0.5) is 17.5 Å². The van der Waals surface area contributed by atoms with Gasteiger partial charge >= 0.3 is 5.97 Å². The van der Waals surface area contributed by atoms with Gasteiger partial charge in [-0.1, -0.05) is 12.1 Å². The first-order valence-electron chi connectivity index (χ1n) is 10.1. The Morgan fingerprint density at radius 3 is 2.77 bits per heavy atom. The van der Waals surface area contributed by atoms with E-state index in [0.717, 1.165) is 11.3 Å². The molecule has 9 nitrogen and oxygen atoms in total. The van der Waals surface area contributed by atoms with Crippen molar-refractivity contribution >= 4 is 29.3 Å². The number of primary amides is 1. The second-order valence-electron chi connectivity index (χ2n) is 7.49. The number of nitrogens with one attached hydrogen (secondary N) is 2. The molecule has 0 radical (unpaired) electrons. The maximum atomic E-state index is 12.0. The number of carbonyl (C=O) groups is 2. The van der Waals surface area contributed by atoms with E-state index in [-0.39, 0.29) is 29.5 Å². The van der Waals surface area contributed by atoms with Crippen LogP contribution in [-0.4, -0.2) is 40.5 Å². The minimum absolute atomic E-state index is 0.0954. The molecular weight excluding hydrogens is 384 g/mol. The van der Waals surface area contributed by atoms with Gasteiger partial charge in [-0.2, -0.15) is 4.98 Å².